The summed E-state index contributed by atoms with van der Waals surface area (Å²) in [5.74, 6) is 2.63. The molecule has 0 aliphatic carbocycles. The minimum absolute atomic E-state index is 0.909. The Bertz CT molecular complexity index is 199. The summed E-state index contributed by atoms with van der Waals surface area (Å²) in [6.45, 7) is 4.01. The average Bonchev–Trinajstić information content (AvgIpc) is 2.18. The lowest BCUT2D eigenvalue weighted by atomic mass is 10.2. The number of morpholine rings is 1. The highest BCUT2D eigenvalue weighted by molar-refractivity contribution is 7.99. The highest BCUT2D eigenvalue weighted by atomic mass is 32.2. The van der Waals surface area contributed by atoms with Crippen LogP contribution in [0.1, 0.15) is 19.3 Å². The molecular weight excluding hydrogens is 194 g/mol. The predicted molar refractivity (Wildman–Crippen MR) is 61.7 cm³/mol. The summed E-state index contributed by atoms with van der Waals surface area (Å²) in [7, 11) is 0. The minimum Gasteiger partial charge on any atom is -0.378 e. The largest absolute Gasteiger partial charge is 0.378 e. The van der Waals surface area contributed by atoms with Crippen molar-refractivity contribution in [1.82, 2.24) is 4.90 Å². The van der Waals surface area contributed by atoms with Gasteiger partial charge < -0.3 is 9.64 Å². The van der Waals surface area contributed by atoms with E-state index in [1.54, 1.807) is 5.70 Å². The maximum atomic E-state index is 5.37. The zero-order valence-corrected chi connectivity index (χ0v) is 9.52. The molecule has 0 spiro atoms. The Hall–Kier alpha value is -0.150. The fraction of sp³-hybridized carbons (Fsp3) is 0.818. The van der Waals surface area contributed by atoms with Crippen LogP contribution in [0.2, 0.25) is 0 Å². The fourth-order valence-corrected chi connectivity index (χ4v) is 2.84. The van der Waals surface area contributed by atoms with Crippen LogP contribution < -0.4 is 0 Å². The van der Waals surface area contributed by atoms with Crippen molar-refractivity contribution in [3.05, 3.63) is 11.8 Å². The van der Waals surface area contributed by atoms with Gasteiger partial charge in [-0.2, -0.15) is 11.8 Å². The Morgan fingerprint density at radius 1 is 1.21 bits per heavy atom. The first-order chi connectivity index (χ1) is 6.97. The molecule has 80 valence electrons. The standard InChI is InChI=1S/C11H19NOS/c1-3-11(4-2-10-14-9-1)12-5-7-13-8-6-12/h3H,1-2,4-10H2/b11-3+. The molecule has 0 N–H and O–H groups in total. The van der Waals surface area contributed by atoms with Crippen molar-refractivity contribution in [3.63, 3.8) is 0 Å². The molecular formula is C11H19NOS. The fourth-order valence-electron chi connectivity index (χ4n) is 2.01. The monoisotopic (exact) mass is 213 g/mol. The Morgan fingerprint density at radius 2 is 2.07 bits per heavy atom. The summed E-state index contributed by atoms with van der Waals surface area (Å²) in [5, 5.41) is 0. The van der Waals surface area contributed by atoms with Crippen LogP contribution in [0.15, 0.2) is 11.8 Å². The van der Waals surface area contributed by atoms with E-state index < -0.39 is 0 Å². The van der Waals surface area contributed by atoms with Crippen molar-refractivity contribution in [2.75, 3.05) is 37.8 Å². The molecule has 0 aromatic carbocycles. The van der Waals surface area contributed by atoms with Gasteiger partial charge in [-0.1, -0.05) is 6.08 Å². The molecule has 0 saturated carbocycles. The molecule has 0 radical (unpaired) electrons. The Kier molecular flexibility index (Phi) is 4.20. The third kappa shape index (κ3) is 2.92. The molecule has 1 fully saturated rings. The normalized spacial score (nSPS) is 28.9. The second kappa shape index (κ2) is 5.66. The van der Waals surface area contributed by atoms with Gasteiger partial charge in [0.05, 0.1) is 13.2 Å². The van der Waals surface area contributed by atoms with Gasteiger partial charge in [-0.25, -0.2) is 0 Å². The third-order valence-electron chi connectivity index (χ3n) is 2.78. The molecule has 2 rings (SSSR count). The van der Waals surface area contributed by atoms with Crippen molar-refractivity contribution in [3.8, 4) is 0 Å². The lowest BCUT2D eigenvalue weighted by Crippen LogP contribution is -2.35. The van der Waals surface area contributed by atoms with Crippen LogP contribution >= 0.6 is 11.8 Å². The van der Waals surface area contributed by atoms with Gasteiger partial charge >= 0.3 is 0 Å². The van der Waals surface area contributed by atoms with Crippen molar-refractivity contribution in [2.45, 2.75) is 19.3 Å². The lowest BCUT2D eigenvalue weighted by Gasteiger charge is -2.31. The van der Waals surface area contributed by atoms with E-state index in [-0.39, 0.29) is 0 Å². The van der Waals surface area contributed by atoms with Gasteiger partial charge in [-0.15, -0.1) is 0 Å². The van der Waals surface area contributed by atoms with E-state index in [9.17, 15) is 0 Å². The SMILES string of the molecule is C1=C(/N2CCOCC2)CCCSCC/1. The molecule has 14 heavy (non-hydrogen) atoms. The van der Waals surface area contributed by atoms with Crippen molar-refractivity contribution in [1.29, 1.82) is 0 Å². The quantitative estimate of drug-likeness (QED) is 0.662. The highest BCUT2D eigenvalue weighted by Gasteiger charge is 2.13. The minimum atomic E-state index is 0.909. The van der Waals surface area contributed by atoms with E-state index in [1.807, 2.05) is 0 Å². The maximum Gasteiger partial charge on any atom is 0.0642 e. The first kappa shape index (κ1) is 10.4. The topological polar surface area (TPSA) is 12.5 Å². The van der Waals surface area contributed by atoms with E-state index in [4.69, 9.17) is 4.74 Å². The zero-order valence-electron chi connectivity index (χ0n) is 8.71. The lowest BCUT2D eigenvalue weighted by molar-refractivity contribution is 0.0519. The molecule has 0 unspecified atom stereocenters. The first-order valence-electron chi connectivity index (χ1n) is 5.56. The summed E-state index contributed by atoms with van der Waals surface area (Å²) < 4.78 is 5.37. The van der Waals surface area contributed by atoms with Crippen LogP contribution in [0, 0.1) is 0 Å². The molecule has 2 heterocycles. The van der Waals surface area contributed by atoms with E-state index in [1.165, 1.54) is 30.8 Å². The predicted octanol–water partition coefficient (Wildman–Crippen LogP) is 2.12. The van der Waals surface area contributed by atoms with Crippen molar-refractivity contribution < 1.29 is 4.74 Å². The number of hydrogen-bond acceptors (Lipinski definition) is 3. The number of ether oxygens (including phenoxy) is 1. The van der Waals surface area contributed by atoms with E-state index in [2.05, 4.69) is 22.7 Å². The summed E-state index contributed by atoms with van der Waals surface area (Å²) in [5.41, 5.74) is 1.58. The number of allylic oxidation sites excluding steroid dienone is 2. The number of hydrogen-bond donors (Lipinski definition) is 0. The van der Waals surface area contributed by atoms with E-state index in [0.29, 0.717) is 0 Å². The molecule has 0 bridgehead atoms. The molecule has 1 saturated heterocycles. The number of thioether (sulfide) groups is 1. The number of nitrogens with zero attached hydrogens (tertiary/aromatic N) is 1. The maximum absolute atomic E-state index is 5.37. The second-order valence-corrected chi connectivity index (χ2v) is 5.02. The first-order valence-corrected chi connectivity index (χ1v) is 6.72. The van der Waals surface area contributed by atoms with Crippen LogP contribution in [0.5, 0.6) is 0 Å². The summed E-state index contributed by atoms with van der Waals surface area (Å²) in [6.07, 6.45) is 6.30. The van der Waals surface area contributed by atoms with Gasteiger partial charge in [0.2, 0.25) is 0 Å². The Labute approximate surface area is 90.7 Å². The molecule has 2 aliphatic heterocycles. The molecule has 0 amide bonds. The molecule has 2 nitrogen and oxygen atoms in total. The number of rotatable bonds is 1. The van der Waals surface area contributed by atoms with Gasteiger partial charge in [-0.3, -0.25) is 0 Å². The van der Waals surface area contributed by atoms with Crippen molar-refractivity contribution in [2.24, 2.45) is 0 Å². The van der Waals surface area contributed by atoms with E-state index in [0.717, 1.165) is 26.3 Å². The molecule has 2 aliphatic rings. The van der Waals surface area contributed by atoms with Crippen LogP contribution in [0.4, 0.5) is 0 Å². The molecule has 0 aromatic rings. The smallest absolute Gasteiger partial charge is 0.0642 e. The van der Waals surface area contributed by atoms with Gasteiger partial charge in [-0.05, 0) is 30.8 Å². The van der Waals surface area contributed by atoms with E-state index >= 15 is 0 Å². The van der Waals surface area contributed by atoms with Crippen LogP contribution in [0.25, 0.3) is 0 Å². The summed E-state index contributed by atoms with van der Waals surface area (Å²) >= 11 is 2.09. The summed E-state index contributed by atoms with van der Waals surface area (Å²) in [4.78, 5) is 2.51. The van der Waals surface area contributed by atoms with Gasteiger partial charge in [0, 0.05) is 18.8 Å². The highest BCUT2D eigenvalue weighted by Crippen LogP contribution is 2.20. The Morgan fingerprint density at radius 3 is 2.93 bits per heavy atom. The van der Waals surface area contributed by atoms with Crippen LogP contribution in [-0.2, 0) is 4.74 Å². The average molecular weight is 213 g/mol. The third-order valence-corrected chi connectivity index (χ3v) is 3.88. The second-order valence-electron chi connectivity index (χ2n) is 3.80. The van der Waals surface area contributed by atoms with Gasteiger partial charge in [0.1, 0.15) is 0 Å². The molecule has 0 atom stereocenters. The van der Waals surface area contributed by atoms with Crippen LogP contribution in [0.3, 0.4) is 0 Å². The van der Waals surface area contributed by atoms with Crippen molar-refractivity contribution >= 4 is 11.8 Å². The molecule has 0 aromatic heterocycles. The van der Waals surface area contributed by atoms with Crippen LogP contribution in [-0.4, -0.2) is 42.7 Å². The molecule has 3 heteroatoms. The summed E-state index contributed by atoms with van der Waals surface area (Å²) in [6, 6.07) is 0. The van der Waals surface area contributed by atoms with Gasteiger partial charge in [0.15, 0.2) is 0 Å². The van der Waals surface area contributed by atoms with Gasteiger partial charge in [0.25, 0.3) is 0 Å². The Balaban J connectivity index is 1.91. The zero-order chi connectivity index (χ0) is 9.64.